The predicted molar refractivity (Wildman–Crippen MR) is 79.2 cm³/mol. The maximum Gasteiger partial charge on any atom is 0.276 e. The molecule has 0 aliphatic carbocycles. The molecule has 2 aromatic rings. The maximum atomic E-state index is 12.6. The fraction of sp³-hybridized carbons (Fsp3) is 0.333. The summed E-state index contributed by atoms with van der Waals surface area (Å²) in [5.74, 6) is 0.478. The molecule has 0 saturated heterocycles. The molecule has 21 heavy (non-hydrogen) atoms. The van der Waals surface area contributed by atoms with Gasteiger partial charge in [0.25, 0.3) is 10.0 Å². The van der Waals surface area contributed by atoms with Gasteiger partial charge in [-0.15, -0.1) is 0 Å². The van der Waals surface area contributed by atoms with E-state index in [4.69, 9.17) is 10.2 Å². The molecule has 1 aromatic heterocycles. The van der Waals surface area contributed by atoms with Gasteiger partial charge < -0.3 is 10.2 Å². The summed E-state index contributed by atoms with van der Waals surface area (Å²) in [5, 5.41) is -0.0195. The topological polar surface area (TPSA) is 76.5 Å². The Labute approximate surface area is 124 Å². The normalized spacial score (nSPS) is 16.4. The van der Waals surface area contributed by atoms with Crippen LogP contribution in [0.5, 0.6) is 0 Å². The van der Waals surface area contributed by atoms with Crippen molar-refractivity contribution >= 4 is 10.0 Å². The predicted octanol–water partition coefficient (Wildman–Crippen LogP) is 1.53. The van der Waals surface area contributed by atoms with E-state index in [0.717, 1.165) is 12.8 Å². The second kappa shape index (κ2) is 5.63. The van der Waals surface area contributed by atoms with Gasteiger partial charge in [-0.1, -0.05) is 24.3 Å². The van der Waals surface area contributed by atoms with Gasteiger partial charge in [-0.3, -0.25) is 0 Å². The van der Waals surface area contributed by atoms with Crippen LogP contribution in [0.25, 0.3) is 0 Å². The van der Waals surface area contributed by atoms with Crippen LogP contribution in [0.1, 0.15) is 16.9 Å². The standard InChI is InChI=1S/C15H18N2O3S/c16-11-14-5-6-15(20-14)21(18,19)17-9-7-12-3-1-2-4-13(12)8-10-17/h1-6H,7-11,16H2. The van der Waals surface area contributed by atoms with Gasteiger partial charge in [-0.25, -0.2) is 8.42 Å². The molecule has 1 aliphatic heterocycles. The molecule has 0 spiro atoms. The Kier molecular flexibility index (Phi) is 3.84. The SMILES string of the molecule is NCc1ccc(S(=O)(=O)N2CCc3ccccc3CC2)o1. The smallest absolute Gasteiger partial charge is 0.276 e. The third-order valence-corrected chi connectivity index (χ3v) is 5.58. The zero-order valence-electron chi connectivity index (χ0n) is 11.7. The van der Waals surface area contributed by atoms with Crippen molar-refractivity contribution in [3.05, 3.63) is 53.3 Å². The molecule has 112 valence electrons. The summed E-state index contributed by atoms with van der Waals surface area (Å²) in [5.41, 5.74) is 7.90. The molecule has 5 nitrogen and oxygen atoms in total. The Hall–Kier alpha value is -1.63. The third-order valence-electron chi connectivity index (χ3n) is 3.81. The van der Waals surface area contributed by atoms with Crippen molar-refractivity contribution in [2.45, 2.75) is 24.5 Å². The van der Waals surface area contributed by atoms with E-state index in [1.54, 1.807) is 6.07 Å². The number of nitrogens with zero attached hydrogens (tertiary/aromatic N) is 1. The molecule has 6 heteroatoms. The van der Waals surface area contributed by atoms with Gasteiger partial charge in [0.2, 0.25) is 5.09 Å². The lowest BCUT2D eigenvalue weighted by molar-refractivity contribution is 0.374. The van der Waals surface area contributed by atoms with Gasteiger partial charge in [-0.2, -0.15) is 4.31 Å². The van der Waals surface area contributed by atoms with Crippen LogP contribution in [0.4, 0.5) is 0 Å². The van der Waals surface area contributed by atoms with Gasteiger partial charge in [-0.05, 0) is 36.1 Å². The van der Waals surface area contributed by atoms with Crippen LogP contribution in [0.3, 0.4) is 0 Å². The number of sulfonamides is 1. The third kappa shape index (κ3) is 2.74. The van der Waals surface area contributed by atoms with E-state index < -0.39 is 10.0 Å². The molecule has 1 aliphatic rings. The summed E-state index contributed by atoms with van der Waals surface area (Å²) < 4.78 is 32.0. The number of hydrogen-bond acceptors (Lipinski definition) is 4. The van der Waals surface area contributed by atoms with Crippen LogP contribution in [0, 0.1) is 0 Å². The van der Waals surface area contributed by atoms with Crippen molar-refractivity contribution in [3.63, 3.8) is 0 Å². The largest absolute Gasteiger partial charge is 0.447 e. The fourth-order valence-corrected chi connectivity index (χ4v) is 3.99. The molecule has 0 amide bonds. The Morgan fingerprint density at radius 1 is 1.05 bits per heavy atom. The highest BCUT2D eigenvalue weighted by molar-refractivity contribution is 7.89. The van der Waals surface area contributed by atoms with Crippen molar-refractivity contribution in [3.8, 4) is 0 Å². The number of benzene rings is 1. The highest BCUT2D eigenvalue weighted by atomic mass is 32.2. The molecular formula is C15H18N2O3S. The first-order valence-corrected chi connectivity index (χ1v) is 8.41. The highest BCUT2D eigenvalue weighted by Gasteiger charge is 2.29. The van der Waals surface area contributed by atoms with E-state index in [0.29, 0.717) is 18.8 Å². The lowest BCUT2D eigenvalue weighted by atomic mass is 10.0. The van der Waals surface area contributed by atoms with Crippen LogP contribution >= 0.6 is 0 Å². The van der Waals surface area contributed by atoms with Crippen LogP contribution in [-0.2, 0) is 29.4 Å². The second-order valence-corrected chi connectivity index (χ2v) is 6.97. The average Bonchev–Trinajstić information content (AvgIpc) is 2.87. The number of fused-ring (bicyclic) bond motifs is 1. The van der Waals surface area contributed by atoms with E-state index in [1.807, 2.05) is 12.1 Å². The first-order valence-electron chi connectivity index (χ1n) is 6.97. The minimum Gasteiger partial charge on any atom is -0.447 e. The monoisotopic (exact) mass is 306 g/mol. The van der Waals surface area contributed by atoms with Gasteiger partial charge in [0, 0.05) is 13.1 Å². The summed E-state index contributed by atoms with van der Waals surface area (Å²) in [6.45, 7) is 1.14. The summed E-state index contributed by atoms with van der Waals surface area (Å²) in [4.78, 5) is 0. The Morgan fingerprint density at radius 3 is 2.19 bits per heavy atom. The Balaban J connectivity index is 1.84. The number of hydrogen-bond donors (Lipinski definition) is 1. The van der Waals surface area contributed by atoms with Crippen LogP contribution < -0.4 is 5.73 Å². The van der Waals surface area contributed by atoms with Gasteiger partial charge in [0.05, 0.1) is 6.54 Å². The zero-order valence-corrected chi connectivity index (χ0v) is 12.5. The number of nitrogens with two attached hydrogens (primary N) is 1. The van der Waals surface area contributed by atoms with E-state index >= 15 is 0 Å². The quantitative estimate of drug-likeness (QED) is 0.933. The molecule has 0 unspecified atom stereocenters. The average molecular weight is 306 g/mol. The lowest BCUT2D eigenvalue weighted by Gasteiger charge is -2.18. The summed E-state index contributed by atoms with van der Waals surface area (Å²) in [7, 11) is -3.58. The fourth-order valence-electron chi connectivity index (χ4n) is 2.62. The molecule has 0 bridgehead atoms. The number of furan rings is 1. The summed E-state index contributed by atoms with van der Waals surface area (Å²) in [6, 6.07) is 11.2. The minimum atomic E-state index is -3.58. The van der Waals surface area contributed by atoms with Crippen molar-refractivity contribution < 1.29 is 12.8 Å². The Morgan fingerprint density at radius 2 is 1.67 bits per heavy atom. The van der Waals surface area contributed by atoms with Gasteiger partial charge in [0.15, 0.2) is 0 Å². The summed E-state index contributed by atoms with van der Waals surface area (Å²) >= 11 is 0. The van der Waals surface area contributed by atoms with Crippen molar-refractivity contribution in [2.75, 3.05) is 13.1 Å². The van der Waals surface area contributed by atoms with E-state index in [2.05, 4.69) is 12.1 Å². The van der Waals surface area contributed by atoms with Gasteiger partial charge >= 0.3 is 0 Å². The van der Waals surface area contributed by atoms with Crippen molar-refractivity contribution in [2.24, 2.45) is 5.73 Å². The molecule has 0 fully saturated rings. The molecule has 1 aromatic carbocycles. The molecule has 0 atom stereocenters. The minimum absolute atomic E-state index is 0.0195. The van der Waals surface area contributed by atoms with Crippen LogP contribution in [0.2, 0.25) is 0 Å². The van der Waals surface area contributed by atoms with E-state index in [9.17, 15) is 8.42 Å². The molecular weight excluding hydrogens is 288 g/mol. The highest BCUT2D eigenvalue weighted by Crippen LogP contribution is 2.23. The molecule has 3 rings (SSSR count). The van der Waals surface area contributed by atoms with E-state index in [-0.39, 0.29) is 11.6 Å². The second-order valence-electron chi connectivity index (χ2n) is 5.10. The molecule has 0 saturated carbocycles. The lowest BCUT2D eigenvalue weighted by Crippen LogP contribution is -2.33. The summed E-state index contributed by atoms with van der Waals surface area (Å²) in [6.07, 6.45) is 1.44. The molecule has 2 N–H and O–H groups in total. The maximum absolute atomic E-state index is 12.6. The van der Waals surface area contributed by atoms with Gasteiger partial charge in [0.1, 0.15) is 5.76 Å². The Bertz CT molecular complexity index is 710. The van der Waals surface area contributed by atoms with Crippen LogP contribution in [0.15, 0.2) is 45.9 Å². The zero-order chi connectivity index (χ0) is 14.9. The first-order chi connectivity index (χ1) is 10.1. The molecule has 0 radical (unpaired) electrons. The number of rotatable bonds is 3. The van der Waals surface area contributed by atoms with Crippen LogP contribution in [-0.4, -0.2) is 25.8 Å². The van der Waals surface area contributed by atoms with Crippen molar-refractivity contribution in [1.29, 1.82) is 0 Å². The van der Waals surface area contributed by atoms with Crippen molar-refractivity contribution in [1.82, 2.24) is 4.31 Å². The first kappa shape index (κ1) is 14.3. The molecule has 2 heterocycles. The van der Waals surface area contributed by atoms with E-state index in [1.165, 1.54) is 21.5 Å².